The maximum atomic E-state index is 11.8. The summed E-state index contributed by atoms with van der Waals surface area (Å²) in [5, 5.41) is 2.94. The normalized spacial score (nSPS) is 19.2. The Morgan fingerprint density at radius 1 is 1.47 bits per heavy atom. The van der Waals surface area contributed by atoms with Gasteiger partial charge >= 0.3 is 0 Å². The number of benzene rings is 1. The largest absolute Gasteiger partial charge is 0.376 e. The summed E-state index contributed by atoms with van der Waals surface area (Å²) in [4.78, 5) is 11.8. The molecule has 1 atom stereocenters. The Morgan fingerprint density at radius 3 is 3.00 bits per heavy atom. The molecule has 0 spiro atoms. The molecule has 1 aromatic rings. The van der Waals surface area contributed by atoms with Crippen LogP contribution in [-0.4, -0.2) is 25.2 Å². The lowest BCUT2D eigenvalue weighted by Crippen LogP contribution is -2.32. The van der Waals surface area contributed by atoms with Gasteiger partial charge in [-0.3, -0.25) is 4.79 Å². The Bertz CT molecular complexity index is 384. The maximum absolute atomic E-state index is 11.8. The Balaban J connectivity index is 1.79. The fourth-order valence-electron chi connectivity index (χ4n) is 2.08. The van der Waals surface area contributed by atoms with Gasteiger partial charge in [0.2, 0.25) is 5.91 Å². The number of rotatable bonds is 4. The lowest BCUT2D eigenvalue weighted by Gasteiger charge is -2.11. The summed E-state index contributed by atoms with van der Waals surface area (Å²) < 4.78 is 5.46. The molecule has 1 aliphatic rings. The lowest BCUT2D eigenvalue weighted by molar-refractivity contribution is -0.120. The first-order chi connectivity index (χ1) is 8.25. The zero-order valence-corrected chi connectivity index (χ0v) is 10.2. The van der Waals surface area contributed by atoms with Gasteiger partial charge in [0.05, 0.1) is 12.5 Å². The van der Waals surface area contributed by atoms with E-state index in [0.717, 1.165) is 25.0 Å². The fourth-order valence-corrected chi connectivity index (χ4v) is 2.08. The summed E-state index contributed by atoms with van der Waals surface area (Å²) in [6.45, 7) is 3.51. The zero-order valence-electron chi connectivity index (χ0n) is 10.2. The van der Waals surface area contributed by atoms with Gasteiger partial charge in [-0.1, -0.05) is 24.3 Å². The average Bonchev–Trinajstić information content (AvgIpc) is 2.82. The monoisotopic (exact) mass is 233 g/mol. The molecule has 3 heteroatoms. The second-order valence-corrected chi connectivity index (χ2v) is 4.54. The Morgan fingerprint density at radius 2 is 2.29 bits per heavy atom. The first-order valence-corrected chi connectivity index (χ1v) is 6.18. The highest BCUT2D eigenvalue weighted by Gasteiger charge is 2.16. The van der Waals surface area contributed by atoms with Crippen LogP contribution in [0.5, 0.6) is 0 Å². The molecule has 1 aliphatic heterocycles. The van der Waals surface area contributed by atoms with Crippen LogP contribution in [0.25, 0.3) is 0 Å². The molecule has 1 N–H and O–H groups in total. The molecule has 3 nitrogen and oxygen atoms in total. The van der Waals surface area contributed by atoms with Crippen LogP contribution >= 0.6 is 0 Å². The third-order valence-corrected chi connectivity index (χ3v) is 3.16. The van der Waals surface area contributed by atoms with E-state index in [0.29, 0.717) is 13.0 Å². The number of hydrogen-bond donors (Lipinski definition) is 1. The molecule has 2 rings (SSSR count). The van der Waals surface area contributed by atoms with Crippen LogP contribution in [0.3, 0.4) is 0 Å². The molecule has 0 bridgehead atoms. The average molecular weight is 233 g/mol. The van der Waals surface area contributed by atoms with E-state index in [4.69, 9.17) is 4.74 Å². The maximum Gasteiger partial charge on any atom is 0.224 e. The Hall–Kier alpha value is -1.35. The molecular weight excluding hydrogens is 214 g/mol. The fraction of sp³-hybridized carbons (Fsp3) is 0.500. The molecule has 92 valence electrons. The van der Waals surface area contributed by atoms with Crippen molar-refractivity contribution in [1.29, 1.82) is 0 Å². The molecule has 1 aromatic carbocycles. The van der Waals surface area contributed by atoms with Crippen LogP contribution in [0.1, 0.15) is 24.0 Å². The minimum absolute atomic E-state index is 0.0785. The summed E-state index contributed by atoms with van der Waals surface area (Å²) in [6, 6.07) is 7.99. The topological polar surface area (TPSA) is 38.3 Å². The molecule has 1 unspecified atom stereocenters. The third kappa shape index (κ3) is 3.56. The van der Waals surface area contributed by atoms with E-state index in [1.807, 2.05) is 31.2 Å². The van der Waals surface area contributed by atoms with E-state index >= 15 is 0 Å². The number of hydrogen-bond acceptors (Lipinski definition) is 2. The van der Waals surface area contributed by atoms with Crippen molar-refractivity contribution in [3.63, 3.8) is 0 Å². The molecule has 1 heterocycles. The van der Waals surface area contributed by atoms with Crippen molar-refractivity contribution in [3.05, 3.63) is 35.4 Å². The van der Waals surface area contributed by atoms with E-state index < -0.39 is 0 Å². The lowest BCUT2D eigenvalue weighted by atomic mass is 10.1. The van der Waals surface area contributed by atoms with Gasteiger partial charge in [0, 0.05) is 13.2 Å². The number of aryl methyl sites for hydroxylation is 1. The summed E-state index contributed by atoms with van der Waals surface area (Å²) in [6.07, 6.45) is 2.85. The van der Waals surface area contributed by atoms with E-state index in [1.165, 1.54) is 5.56 Å². The molecule has 1 saturated heterocycles. The first kappa shape index (κ1) is 12.1. The van der Waals surface area contributed by atoms with Crippen LogP contribution < -0.4 is 5.32 Å². The van der Waals surface area contributed by atoms with Crippen molar-refractivity contribution in [2.45, 2.75) is 32.3 Å². The predicted molar refractivity (Wildman–Crippen MR) is 66.9 cm³/mol. The van der Waals surface area contributed by atoms with E-state index in [9.17, 15) is 4.79 Å². The summed E-state index contributed by atoms with van der Waals surface area (Å²) >= 11 is 0. The van der Waals surface area contributed by atoms with Gasteiger partial charge in [-0.15, -0.1) is 0 Å². The van der Waals surface area contributed by atoms with E-state index in [1.54, 1.807) is 0 Å². The highest BCUT2D eigenvalue weighted by Crippen LogP contribution is 2.11. The van der Waals surface area contributed by atoms with Crippen molar-refractivity contribution in [3.8, 4) is 0 Å². The van der Waals surface area contributed by atoms with Crippen LogP contribution in [0.15, 0.2) is 24.3 Å². The van der Waals surface area contributed by atoms with E-state index in [2.05, 4.69) is 5.32 Å². The highest BCUT2D eigenvalue weighted by atomic mass is 16.5. The number of carbonyl (C=O) groups is 1. The van der Waals surface area contributed by atoms with Crippen molar-refractivity contribution >= 4 is 5.91 Å². The number of nitrogens with one attached hydrogen (secondary N) is 1. The van der Waals surface area contributed by atoms with Crippen LogP contribution in [0, 0.1) is 6.92 Å². The molecule has 0 radical (unpaired) electrons. The number of amides is 1. The molecule has 17 heavy (non-hydrogen) atoms. The van der Waals surface area contributed by atoms with E-state index in [-0.39, 0.29) is 12.0 Å². The van der Waals surface area contributed by atoms with Crippen LogP contribution in [0.2, 0.25) is 0 Å². The summed E-state index contributed by atoms with van der Waals surface area (Å²) in [5.41, 5.74) is 2.26. The second-order valence-electron chi connectivity index (χ2n) is 4.54. The SMILES string of the molecule is Cc1ccccc1CC(=O)NCC1CCCO1. The summed E-state index contributed by atoms with van der Waals surface area (Å²) in [7, 11) is 0. The molecule has 0 aromatic heterocycles. The molecule has 0 saturated carbocycles. The quantitative estimate of drug-likeness (QED) is 0.861. The second kappa shape index (κ2) is 5.82. The minimum Gasteiger partial charge on any atom is -0.376 e. The Labute approximate surface area is 102 Å². The van der Waals surface area contributed by atoms with Crippen LogP contribution in [0.4, 0.5) is 0 Å². The van der Waals surface area contributed by atoms with Gasteiger partial charge in [0.1, 0.15) is 0 Å². The molecule has 0 aliphatic carbocycles. The molecule has 1 fully saturated rings. The minimum atomic E-state index is 0.0785. The standard InChI is InChI=1S/C14H19NO2/c1-11-5-2-3-6-12(11)9-14(16)15-10-13-7-4-8-17-13/h2-3,5-6,13H,4,7-10H2,1H3,(H,15,16). The predicted octanol–water partition coefficient (Wildman–Crippen LogP) is 1.83. The molecule has 1 amide bonds. The van der Waals surface area contributed by atoms with Gasteiger partial charge in [-0.2, -0.15) is 0 Å². The zero-order chi connectivity index (χ0) is 12.1. The van der Waals surface area contributed by atoms with Gasteiger partial charge in [-0.25, -0.2) is 0 Å². The van der Waals surface area contributed by atoms with Gasteiger partial charge in [0.25, 0.3) is 0 Å². The Kier molecular flexibility index (Phi) is 4.15. The number of carbonyl (C=O) groups excluding carboxylic acids is 1. The number of ether oxygens (including phenoxy) is 1. The summed E-state index contributed by atoms with van der Waals surface area (Å²) in [5.74, 6) is 0.0785. The van der Waals surface area contributed by atoms with Crippen LogP contribution in [-0.2, 0) is 16.0 Å². The van der Waals surface area contributed by atoms with Crippen molar-refractivity contribution in [1.82, 2.24) is 5.32 Å². The first-order valence-electron chi connectivity index (χ1n) is 6.18. The molecular formula is C14H19NO2. The third-order valence-electron chi connectivity index (χ3n) is 3.16. The highest BCUT2D eigenvalue weighted by molar-refractivity contribution is 5.78. The van der Waals surface area contributed by atoms with Gasteiger partial charge < -0.3 is 10.1 Å². The van der Waals surface area contributed by atoms with Gasteiger partial charge in [0.15, 0.2) is 0 Å². The van der Waals surface area contributed by atoms with Crippen molar-refractivity contribution in [2.24, 2.45) is 0 Å². The van der Waals surface area contributed by atoms with Gasteiger partial charge in [-0.05, 0) is 30.9 Å². The van der Waals surface area contributed by atoms with Crippen molar-refractivity contribution < 1.29 is 9.53 Å². The smallest absolute Gasteiger partial charge is 0.224 e. The van der Waals surface area contributed by atoms with Crippen molar-refractivity contribution in [2.75, 3.05) is 13.2 Å².